The Labute approximate surface area is 200 Å². The normalized spacial score (nSPS) is 11.2. The van der Waals surface area contributed by atoms with Crippen LogP contribution in [-0.2, 0) is 10.0 Å². The van der Waals surface area contributed by atoms with Crippen molar-refractivity contribution < 1.29 is 36.1 Å². The summed E-state index contributed by atoms with van der Waals surface area (Å²) in [6.45, 7) is 0. The van der Waals surface area contributed by atoms with Crippen LogP contribution in [0.1, 0.15) is 0 Å². The highest BCUT2D eigenvalue weighted by molar-refractivity contribution is 7.92. The number of pyridine rings is 1. The molecule has 0 unspecified atom stereocenters. The number of ether oxygens (including phenoxy) is 4. The zero-order valence-corrected chi connectivity index (χ0v) is 19.7. The Bertz CT molecular complexity index is 1510. The quantitative estimate of drug-likeness (QED) is 0.357. The first-order chi connectivity index (χ1) is 16.8. The number of hydrogen-bond acceptors (Lipinski definition) is 7. The molecule has 0 radical (unpaired) electrons. The second-order valence-electron chi connectivity index (χ2n) is 7.15. The van der Waals surface area contributed by atoms with E-state index in [1.54, 1.807) is 24.4 Å². The van der Waals surface area contributed by atoms with E-state index in [1.807, 2.05) is 0 Å². The Hall–Kier alpha value is -4.12. The predicted molar refractivity (Wildman–Crippen MR) is 125 cm³/mol. The minimum Gasteiger partial charge on any atom is -0.493 e. The number of rotatable bonds is 8. The van der Waals surface area contributed by atoms with Crippen molar-refractivity contribution in [2.24, 2.45) is 0 Å². The summed E-state index contributed by atoms with van der Waals surface area (Å²) in [5.41, 5.74) is 0.577. The van der Waals surface area contributed by atoms with Gasteiger partial charge in [0, 0.05) is 17.6 Å². The number of hydrogen-bond donors (Lipinski definition) is 1. The molecule has 1 aromatic heterocycles. The van der Waals surface area contributed by atoms with Gasteiger partial charge in [-0.1, -0.05) is 0 Å². The molecule has 0 aliphatic rings. The summed E-state index contributed by atoms with van der Waals surface area (Å²) in [4.78, 5) is 3.54. The summed E-state index contributed by atoms with van der Waals surface area (Å²) in [5.74, 6) is -0.117. The van der Waals surface area contributed by atoms with Gasteiger partial charge in [0.2, 0.25) is 0 Å². The average molecular weight is 502 g/mol. The largest absolute Gasteiger partial charge is 0.493 e. The van der Waals surface area contributed by atoms with Gasteiger partial charge in [0.1, 0.15) is 27.8 Å². The molecule has 0 saturated carbocycles. The van der Waals surface area contributed by atoms with E-state index in [2.05, 4.69) is 9.71 Å². The molecule has 8 nitrogen and oxygen atoms in total. The Morgan fingerprint density at radius 2 is 1.54 bits per heavy atom. The fraction of sp³-hybridized carbons (Fsp3) is 0.125. The first-order valence-electron chi connectivity index (χ1n) is 10.1. The van der Waals surface area contributed by atoms with Gasteiger partial charge in [0.25, 0.3) is 10.0 Å². The van der Waals surface area contributed by atoms with Crippen LogP contribution in [0.15, 0.2) is 65.7 Å². The Morgan fingerprint density at radius 3 is 2.26 bits per heavy atom. The van der Waals surface area contributed by atoms with E-state index in [1.165, 1.54) is 39.5 Å². The third-order valence-corrected chi connectivity index (χ3v) is 6.43. The fourth-order valence-electron chi connectivity index (χ4n) is 3.42. The first-order valence-corrected chi connectivity index (χ1v) is 11.6. The predicted octanol–water partition coefficient (Wildman–Crippen LogP) is 5.13. The van der Waals surface area contributed by atoms with Gasteiger partial charge in [0.05, 0.1) is 27.0 Å². The van der Waals surface area contributed by atoms with Gasteiger partial charge < -0.3 is 18.9 Å². The van der Waals surface area contributed by atoms with Crippen molar-refractivity contribution in [1.29, 1.82) is 0 Å². The zero-order chi connectivity index (χ0) is 25.2. The van der Waals surface area contributed by atoms with Crippen molar-refractivity contribution in [2.75, 3.05) is 26.1 Å². The molecule has 0 amide bonds. The number of benzene rings is 3. The van der Waals surface area contributed by atoms with Crippen LogP contribution in [0.2, 0.25) is 0 Å². The van der Waals surface area contributed by atoms with Gasteiger partial charge >= 0.3 is 0 Å². The lowest BCUT2D eigenvalue weighted by Gasteiger charge is -2.15. The molecule has 11 heteroatoms. The third kappa shape index (κ3) is 4.76. The molecule has 0 bridgehead atoms. The number of nitrogens with zero attached hydrogens (tertiary/aromatic N) is 1. The average Bonchev–Trinajstić information content (AvgIpc) is 2.85. The van der Waals surface area contributed by atoms with Crippen molar-refractivity contribution >= 4 is 26.6 Å². The second-order valence-corrected chi connectivity index (χ2v) is 8.81. The Balaban J connectivity index is 1.67. The van der Waals surface area contributed by atoms with Gasteiger partial charge in [0.15, 0.2) is 23.0 Å². The van der Waals surface area contributed by atoms with Crippen LogP contribution < -0.4 is 23.7 Å². The number of nitrogens with one attached hydrogen (secondary N) is 1. The highest BCUT2D eigenvalue weighted by Crippen LogP contribution is 2.41. The summed E-state index contributed by atoms with van der Waals surface area (Å²) in [7, 11) is 0.00462. The fourth-order valence-corrected chi connectivity index (χ4v) is 4.56. The van der Waals surface area contributed by atoms with E-state index in [-0.39, 0.29) is 17.2 Å². The van der Waals surface area contributed by atoms with Crippen LogP contribution in [0.5, 0.6) is 28.7 Å². The van der Waals surface area contributed by atoms with Crippen molar-refractivity contribution in [1.82, 2.24) is 4.98 Å². The Kier molecular flexibility index (Phi) is 6.61. The molecule has 0 spiro atoms. The van der Waals surface area contributed by atoms with E-state index in [4.69, 9.17) is 18.9 Å². The number of fused-ring (bicyclic) bond motifs is 1. The standard InChI is InChI=1S/C24H20F2N2O6S/c1-31-20-9-6-16-18(10-11-27-23(16)24(20)33-3)34-19-8-5-15(13-21(19)32-2)28-35(29,30)22-12-14(25)4-7-17(22)26/h4-13,28H,1-3H3. The summed E-state index contributed by atoms with van der Waals surface area (Å²) < 4.78 is 77.0. The lowest BCUT2D eigenvalue weighted by molar-refractivity contribution is 0.357. The summed E-state index contributed by atoms with van der Waals surface area (Å²) in [6.07, 6.45) is 1.54. The molecule has 4 rings (SSSR count). The molecule has 0 aliphatic heterocycles. The maximum Gasteiger partial charge on any atom is 0.264 e. The summed E-state index contributed by atoms with van der Waals surface area (Å²) >= 11 is 0. The highest BCUT2D eigenvalue weighted by atomic mass is 32.2. The number of aromatic nitrogens is 1. The third-order valence-electron chi connectivity index (χ3n) is 5.03. The smallest absolute Gasteiger partial charge is 0.264 e. The van der Waals surface area contributed by atoms with Gasteiger partial charge in [-0.05, 0) is 48.5 Å². The molecule has 182 valence electrons. The summed E-state index contributed by atoms with van der Waals surface area (Å²) in [6, 6.07) is 11.5. The second kappa shape index (κ2) is 9.63. The maximum atomic E-state index is 14.0. The maximum absolute atomic E-state index is 14.0. The van der Waals surface area contributed by atoms with Crippen LogP contribution in [-0.4, -0.2) is 34.7 Å². The molecule has 1 N–H and O–H groups in total. The number of sulfonamides is 1. The van der Waals surface area contributed by atoms with Crippen LogP contribution in [0.4, 0.5) is 14.5 Å². The topological polar surface area (TPSA) is 96.0 Å². The van der Waals surface area contributed by atoms with Gasteiger partial charge in [-0.3, -0.25) is 9.71 Å². The van der Waals surface area contributed by atoms with Gasteiger partial charge in [-0.25, -0.2) is 17.2 Å². The molecule has 4 aromatic rings. The van der Waals surface area contributed by atoms with Crippen LogP contribution in [0, 0.1) is 11.6 Å². The lowest BCUT2D eigenvalue weighted by Crippen LogP contribution is -2.15. The highest BCUT2D eigenvalue weighted by Gasteiger charge is 2.21. The minimum absolute atomic E-state index is 0.0591. The zero-order valence-electron chi connectivity index (χ0n) is 18.8. The number of methoxy groups -OCH3 is 3. The van der Waals surface area contributed by atoms with Crippen LogP contribution in [0.3, 0.4) is 0 Å². The van der Waals surface area contributed by atoms with Crippen molar-refractivity contribution in [3.63, 3.8) is 0 Å². The van der Waals surface area contributed by atoms with E-state index in [0.717, 1.165) is 12.1 Å². The van der Waals surface area contributed by atoms with E-state index in [0.29, 0.717) is 34.2 Å². The van der Waals surface area contributed by atoms with Gasteiger partial charge in [-0.2, -0.15) is 0 Å². The minimum atomic E-state index is -4.40. The van der Waals surface area contributed by atoms with Crippen LogP contribution in [0.25, 0.3) is 10.9 Å². The van der Waals surface area contributed by atoms with E-state index < -0.39 is 26.6 Å². The molecular weight excluding hydrogens is 482 g/mol. The Morgan fingerprint density at radius 1 is 0.800 bits per heavy atom. The monoisotopic (exact) mass is 502 g/mol. The number of anilines is 1. The number of halogens is 2. The van der Waals surface area contributed by atoms with Crippen LogP contribution >= 0.6 is 0 Å². The first kappa shape index (κ1) is 24.0. The van der Waals surface area contributed by atoms with E-state index >= 15 is 0 Å². The van der Waals surface area contributed by atoms with E-state index in [9.17, 15) is 17.2 Å². The SMILES string of the molecule is COc1cc(NS(=O)(=O)c2cc(F)ccc2F)ccc1Oc1ccnc2c(OC)c(OC)ccc12. The molecule has 1 heterocycles. The molecular formula is C24H20F2N2O6S. The van der Waals surface area contributed by atoms with Crippen molar-refractivity contribution in [3.8, 4) is 28.7 Å². The van der Waals surface area contributed by atoms with Crippen molar-refractivity contribution in [2.45, 2.75) is 4.90 Å². The molecule has 35 heavy (non-hydrogen) atoms. The molecule has 0 fully saturated rings. The lowest BCUT2D eigenvalue weighted by atomic mass is 10.1. The van der Waals surface area contributed by atoms with Gasteiger partial charge in [-0.15, -0.1) is 0 Å². The molecule has 0 aliphatic carbocycles. The van der Waals surface area contributed by atoms with Crippen molar-refractivity contribution in [3.05, 3.63) is 72.4 Å². The molecule has 3 aromatic carbocycles. The summed E-state index contributed by atoms with van der Waals surface area (Å²) in [5, 5.41) is 0.638. The molecule has 0 saturated heterocycles. The molecule has 0 atom stereocenters.